The Balaban J connectivity index is 2.20. The van der Waals surface area contributed by atoms with Crippen molar-refractivity contribution in [2.75, 3.05) is 0 Å². The molecule has 0 heterocycles. The maximum absolute atomic E-state index is 11.5. The summed E-state index contributed by atoms with van der Waals surface area (Å²) in [6, 6.07) is 0. The standard InChI is InChI=1S/C12H20O/c1-7-5-6-9-11(12(9,3)4)10(7)8(2)13/h7,9-11H,5-6H2,1-4H3. The maximum atomic E-state index is 11.5. The van der Waals surface area contributed by atoms with Gasteiger partial charge in [0.05, 0.1) is 0 Å². The van der Waals surface area contributed by atoms with Crippen LogP contribution in [-0.4, -0.2) is 5.78 Å². The molecule has 0 spiro atoms. The van der Waals surface area contributed by atoms with E-state index in [1.165, 1.54) is 12.8 Å². The molecule has 2 saturated carbocycles. The van der Waals surface area contributed by atoms with Crippen LogP contribution in [0.25, 0.3) is 0 Å². The monoisotopic (exact) mass is 180 g/mol. The Bertz CT molecular complexity index is 242. The fourth-order valence-electron chi connectivity index (χ4n) is 3.68. The lowest BCUT2D eigenvalue weighted by atomic mass is 9.78. The van der Waals surface area contributed by atoms with Crippen LogP contribution in [0, 0.1) is 29.1 Å². The number of carbonyl (C=O) groups is 1. The van der Waals surface area contributed by atoms with Crippen molar-refractivity contribution < 1.29 is 4.79 Å². The Labute approximate surface area is 80.9 Å². The average Bonchev–Trinajstić information content (AvgIpc) is 2.53. The predicted molar refractivity (Wildman–Crippen MR) is 53.3 cm³/mol. The smallest absolute Gasteiger partial charge is 0.133 e. The van der Waals surface area contributed by atoms with Gasteiger partial charge in [0.2, 0.25) is 0 Å². The second kappa shape index (κ2) is 2.59. The van der Waals surface area contributed by atoms with E-state index in [1.54, 1.807) is 6.92 Å². The molecular formula is C12H20O. The highest BCUT2D eigenvalue weighted by Gasteiger charge is 2.63. The van der Waals surface area contributed by atoms with Crippen LogP contribution in [0.5, 0.6) is 0 Å². The number of hydrogen-bond donors (Lipinski definition) is 0. The van der Waals surface area contributed by atoms with Gasteiger partial charge in [-0.05, 0) is 42.9 Å². The van der Waals surface area contributed by atoms with Gasteiger partial charge in [-0.25, -0.2) is 0 Å². The summed E-state index contributed by atoms with van der Waals surface area (Å²) in [5.74, 6) is 2.97. The molecule has 0 aromatic heterocycles. The molecule has 1 nitrogen and oxygen atoms in total. The molecule has 0 radical (unpaired) electrons. The van der Waals surface area contributed by atoms with Gasteiger partial charge in [0, 0.05) is 5.92 Å². The van der Waals surface area contributed by atoms with Crippen LogP contribution in [-0.2, 0) is 4.79 Å². The summed E-state index contributed by atoms with van der Waals surface area (Å²) in [6.07, 6.45) is 2.61. The first-order valence-electron chi connectivity index (χ1n) is 5.46. The highest BCUT2D eigenvalue weighted by atomic mass is 16.1. The summed E-state index contributed by atoms with van der Waals surface area (Å²) < 4.78 is 0. The predicted octanol–water partition coefficient (Wildman–Crippen LogP) is 2.89. The summed E-state index contributed by atoms with van der Waals surface area (Å²) in [7, 11) is 0. The van der Waals surface area contributed by atoms with Gasteiger partial charge in [-0.15, -0.1) is 0 Å². The van der Waals surface area contributed by atoms with Gasteiger partial charge < -0.3 is 0 Å². The zero-order chi connectivity index (χ0) is 9.80. The highest BCUT2D eigenvalue weighted by Crippen LogP contribution is 2.68. The number of carbonyl (C=O) groups excluding carboxylic acids is 1. The van der Waals surface area contributed by atoms with E-state index in [4.69, 9.17) is 0 Å². The first-order valence-corrected chi connectivity index (χ1v) is 5.46. The Morgan fingerprint density at radius 3 is 2.38 bits per heavy atom. The maximum Gasteiger partial charge on any atom is 0.133 e. The van der Waals surface area contributed by atoms with Crippen molar-refractivity contribution in [1.29, 1.82) is 0 Å². The normalized spacial score (nSPS) is 46.8. The van der Waals surface area contributed by atoms with Crippen LogP contribution in [0.4, 0.5) is 0 Å². The Hall–Kier alpha value is -0.330. The van der Waals surface area contributed by atoms with Crippen LogP contribution in [0.2, 0.25) is 0 Å². The second-order valence-electron chi connectivity index (χ2n) is 5.64. The van der Waals surface area contributed by atoms with Crippen molar-refractivity contribution in [2.45, 2.75) is 40.5 Å². The number of fused-ring (bicyclic) bond motifs is 1. The van der Waals surface area contributed by atoms with Crippen molar-refractivity contribution in [2.24, 2.45) is 29.1 Å². The third kappa shape index (κ3) is 1.16. The lowest BCUT2D eigenvalue weighted by Crippen LogP contribution is -2.26. The van der Waals surface area contributed by atoms with Crippen LogP contribution in [0.15, 0.2) is 0 Å². The molecule has 4 atom stereocenters. The SMILES string of the molecule is CC(=O)C1C(C)CCC2C1C2(C)C. The van der Waals surface area contributed by atoms with E-state index in [2.05, 4.69) is 20.8 Å². The van der Waals surface area contributed by atoms with Gasteiger partial charge >= 0.3 is 0 Å². The van der Waals surface area contributed by atoms with Gasteiger partial charge in [-0.1, -0.05) is 20.8 Å². The molecule has 4 unspecified atom stereocenters. The van der Waals surface area contributed by atoms with E-state index < -0.39 is 0 Å². The summed E-state index contributed by atoms with van der Waals surface area (Å²) >= 11 is 0. The minimum Gasteiger partial charge on any atom is -0.300 e. The van der Waals surface area contributed by atoms with Crippen molar-refractivity contribution in [1.82, 2.24) is 0 Å². The molecule has 0 amide bonds. The van der Waals surface area contributed by atoms with Gasteiger partial charge in [-0.3, -0.25) is 4.79 Å². The van der Waals surface area contributed by atoms with E-state index in [-0.39, 0.29) is 0 Å². The van der Waals surface area contributed by atoms with Crippen molar-refractivity contribution >= 4 is 5.78 Å². The van der Waals surface area contributed by atoms with Gasteiger partial charge in [0.1, 0.15) is 5.78 Å². The van der Waals surface area contributed by atoms with Gasteiger partial charge in [-0.2, -0.15) is 0 Å². The number of ketones is 1. The molecule has 74 valence electrons. The summed E-state index contributed by atoms with van der Waals surface area (Å²) in [6.45, 7) is 8.68. The molecule has 0 bridgehead atoms. The zero-order valence-corrected chi connectivity index (χ0v) is 9.13. The first-order chi connectivity index (χ1) is 5.96. The number of hydrogen-bond acceptors (Lipinski definition) is 1. The Morgan fingerprint density at radius 1 is 1.31 bits per heavy atom. The third-order valence-electron chi connectivity index (χ3n) is 4.54. The second-order valence-corrected chi connectivity index (χ2v) is 5.64. The van der Waals surface area contributed by atoms with Crippen molar-refractivity contribution in [3.05, 3.63) is 0 Å². The number of Topliss-reactive ketones (excluding diaryl/α,β-unsaturated/α-hetero) is 1. The van der Waals surface area contributed by atoms with Crippen LogP contribution >= 0.6 is 0 Å². The molecule has 2 aliphatic rings. The van der Waals surface area contributed by atoms with E-state index in [1.807, 2.05) is 0 Å². The largest absolute Gasteiger partial charge is 0.300 e. The molecule has 0 aromatic carbocycles. The molecule has 1 heteroatoms. The van der Waals surface area contributed by atoms with Crippen molar-refractivity contribution in [3.8, 4) is 0 Å². The summed E-state index contributed by atoms with van der Waals surface area (Å²) in [5, 5.41) is 0. The molecule has 2 aliphatic carbocycles. The third-order valence-corrected chi connectivity index (χ3v) is 4.54. The lowest BCUT2D eigenvalue weighted by Gasteiger charge is -2.26. The van der Waals surface area contributed by atoms with Crippen LogP contribution in [0.1, 0.15) is 40.5 Å². The van der Waals surface area contributed by atoms with Crippen LogP contribution < -0.4 is 0 Å². The zero-order valence-electron chi connectivity index (χ0n) is 9.13. The fraction of sp³-hybridized carbons (Fsp3) is 0.917. The molecular weight excluding hydrogens is 160 g/mol. The minimum absolute atomic E-state index is 0.369. The topological polar surface area (TPSA) is 17.1 Å². The fourth-order valence-corrected chi connectivity index (χ4v) is 3.68. The van der Waals surface area contributed by atoms with Crippen molar-refractivity contribution in [3.63, 3.8) is 0 Å². The molecule has 2 fully saturated rings. The number of rotatable bonds is 1. The molecule has 13 heavy (non-hydrogen) atoms. The lowest BCUT2D eigenvalue weighted by molar-refractivity contribution is -0.123. The first kappa shape index (κ1) is 9.23. The van der Waals surface area contributed by atoms with Gasteiger partial charge in [0.15, 0.2) is 0 Å². The van der Waals surface area contributed by atoms with Gasteiger partial charge in [0.25, 0.3) is 0 Å². The van der Waals surface area contributed by atoms with E-state index in [0.29, 0.717) is 29.0 Å². The highest BCUT2D eigenvalue weighted by molar-refractivity contribution is 5.79. The Morgan fingerprint density at radius 2 is 1.92 bits per heavy atom. The summed E-state index contributed by atoms with van der Waals surface area (Å²) in [4.78, 5) is 11.5. The minimum atomic E-state index is 0.369. The molecule has 0 saturated heterocycles. The summed E-state index contributed by atoms with van der Waals surface area (Å²) in [5.41, 5.74) is 0.459. The molecule has 0 N–H and O–H groups in total. The Kier molecular flexibility index (Phi) is 1.84. The van der Waals surface area contributed by atoms with E-state index >= 15 is 0 Å². The molecule has 2 rings (SSSR count). The average molecular weight is 180 g/mol. The quantitative estimate of drug-likeness (QED) is 0.606. The molecule has 0 aliphatic heterocycles. The van der Waals surface area contributed by atoms with E-state index in [9.17, 15) is 4.79 Å². The van der Waals surface area contributed by atoms with Crippen LogP contribution in [0.3, 0.4) is 0 Å². The van der Waals surface area contributed by atoms with E-state index in [0.717, 1.165) is 5.92 Å². The molecule has 0 aromatic rings.